The van der Waals surface area contributed by atoms with Crippen molar-refractivity contribution in [2.75, 3.05) is 18.1 Å². The van der Waals surface area contributed by atoms with Crippen molar-refractivity contribution in [3.05, 3.63) is 29.3 Å². The monoisotopic (exact) mass is 339 g/mol. The molecule has 2 rings (SSSR count). The zero-order chi connectivity index (χ0) is 17.3. The maximum absolute atomic E-state index is 12.1. The van der Waals surface area contributed by atoms with Crippen LogP contribution in [0, 0.1) is 6.92 Å². The summed E-state index contributed by atoms with van der Waals surface area (Å²) < 4.78 is 28.8. The Morgan fingerprint density at radius 2 is 2.09 bits per heavy atom. The molecule has 128 valence electrons. The second-order valence-corrected chi connectivity index (χ2v) is 9.12. The number of benzene rings is 1. The van der Waals surface area contributed by atoms with Crippen molar-refractivity contribution in [2.24, 2.45) is 0 Å². The second-order valence-electron chi connectivity index (χ2n) is 6.94. The van der Waals surface area contributed by atoms with E-state index in [0.29, 0.717) is 18.1 Å². The van der Waals surface area contributed by atoms with Gasteiger partial charge in [0.1, 0.15) is 5.75 Å². The van der Waals surface area contributed by atoms with Gasteiger partial charge in [-0.05, 0) is 43.4 Å². The summed E-state index contributed by atoms with van der Waals surface area (Å²) >= 11 is 0. The fourth-order valence-corrected chi connectivity index (χ4v) is 4.96. The molecule has 1 aromatic rings. The van der Waals surface area contributed by atoms with Crippen LogP contribution in [-0.2, 0) is 14.6 Å². The van der Waals surface area contributed by atoms with Gasteiger partial charge in [0.15, 0.2) is 16.4 Å². The van der Waals surface area contributed by atoms with Crippen LogP contribution in [0.1, 0.15) is 44.2 Å². The molecule has 1 aliphatic rings. The molecule has 6 heteroatoms. The van der Waals surface area contributed by atoms with Gasteiger partial charge in [-0.1, -0.05) is 26.0 Å². The van der Waals surface area contributed by atoms with Crippen molar-refractivity contribution in [1.82, 2.24) is 5.32 Å². The standard InChI is InChI=1S/C17H25NO4S/c1-12(2)14-6-5-13(3)9-15(14)22-10-16(19)18-17(4)7-8-23(20,21)11-17/h5-6,9,12H,7-8,10-11H2,1-4H3,(H,18,19). The Kier molecular flexibility index (Phi) is 5.04. The highest BCUT2D eigenvalue weighted by atomic mass is 32.2. The van der Waals surface area contributed by atoms with Gasteiger partial charge in [-0.3, -0.25) is 4.79 Å². The van der Waals surface area contributed by atoms with E-state index in [2.05, 4.69) is 19.2 Å². The van der Waals surface area contributed by atoms with Crippen LogP contribution in [0.15, 0.2) is 18.2 Å². The van der Waals surface area contributed by atoms with Crippen LogP contribution in [0.5, 0.6) is 5.75 Å². The minimum absolute atomic E-state index is 0.00652. The van der Waals surface area contributed by atoms with Crippen LogP contribution in [0.4, 0.5) is 0 Å². The molecule has 0 aliphatic carbocycles. The topological polar surface area (TPSA) is 72.5 Å². The Morgan fingerprint density at radius 3 is 2.65 bits per heavy atom. The molecule has 0 spiro atoms. The van der Waals surface area contributed by atoms with Gasteiger partial charge in [0, 0.05) is 0 Å². The minimum Gasteiger partial charge on any atom is -0.483 e. The number of ether oxygens (including phenoxy) is 1. The van der Waals surface area contributed by atoms with Gasteiger partial charge in [-0.2, -0.15) is 0 Å². The average molecular weight is 339 g/mol. The molecule has 0 saturated carbocycles. The van der Waals surface area contributed by atoms with Gasteiger partial charge in [-0.25, -0.2) is 8.42 Å². The van der Waals surface area contributed by atoms with E-state index in [9.17, 15) is 13.2 Å². The highest BCUT2D eigenvalue weighted by molar-refractivity contribution is 7.91. The summed E-state index contributed by atoms with van der Waals surface area (Å²) in [6.07, 6.45) is 0.447. The highest BCUT2D eigenvalue weighted by Gasteiger charge is 2.39. The fraction of sp³-hybridized carbons (Fsp3) is 0.588. The predicted octanol–water partition coefficient (Wildman–Crippen LogP) is 2.19. The fourth-order valence-electron chi connectivity index (χ4n) is 2.87. The number of hydrogen-bond acceptors (Lipinski definition) is 4. The molecule has 1 amide bonds. The number of nitrogens with one attached hydrogen (secondary N) is 1. The Balaban J connectivity index is 1.99. The van der Waals surface area contributed by atoms with E-state index >= 15 is 0 Å². The summed E-state index contributed by atoms with van der Waals surface area (Å²) in [5, 5.41) is 2.80. The third-order valence-corrected chi connectivity index (χ3v) is 6.00. The lowest BCUT2D eigenvalue weighted by molar-refractivity contribution is -0.124. The van der Waals surface area contributed by atoms with Crippen molar-refractivity contribution in [1.29, 1.82) is 0 Å². The first-order valence-electron chi connectivity index (χ1n) is 7.85. The van der Waals surface area contributed by atoms with E-state index in [4.69, 9.17) is 4.74 Å². The first kappa shape index (κ1) is 17.8. The maximum Gasteiger partial charge on any atom is 0.258 e. The van der Waals surface area contributed by atoms with Crippen molar-refractivity contribution < 1.29 is 17.9 Å². The van der Waals surface area contributed by atoms with Gasteiger partial charge in [0.2, 0.25) is 0 Å². The molecule has 1 saturated heterocycles. The normalized spacial score (nSPS) is 23.0. The first-order valence-corrected chi connectivity index (χ1v) is 9.67. The third-order valence-electron chi connectivity index (χ3n) is 4.09. The van der Waals surface area contributed by atoms with Crippen molar-refractivity contribution >= 4 is 15.7 Å². The zero-order valence-corrected chi connectivity index (χ0v) is 15.0. The zero-order valence-electron chi connectivity index (χ0n) is 14.2. The lowest BCUT2D eigenvalue weighted by Crippen LogP contribution is -2.48. The van der Waals surface area contributed by atoms with Gasteiger partial charge in [-0.15, -0.1) is 0 Å². The quantitative estimate of drug-likeness (QED) is 0.892. The molecule has 1 N–H and O–H groups in total. The number of rotatable bonds is 5. The van der Waals surface area contributed by atoms with Crippen molar-refractivity contribution in [3.8, 4) is 5.75 Å². The number of sulfone groups is 1. The predicted molar refractivity (Wildman–Crippen MR) is 90.6 cm³/mol. The number of amides is 1. The first-order chi connectivity index (χ1) is 10.6. The largest absolute Gasteiger partial charge is 0.483 e. The SMILES string of the molecule is Cc1ccc(C(C)C)c(OCC(=O)NC2(C)CCS(=O)(=O)C2)c1. The van der Waals surface area contributed by atoms with Crippen molar-refractivity contribution in [2.45, 2.75) is 45.6 Å². The van der Waals surface area contributed by atoms with Gasteiger partial charge >= 0.3 is 0 Å². The number of carbonyl (C=O) groups is 1. The summed E-state index contributed by atoms with van der Waals surface area (Å²) in [5.74, 6) is 0.833. The third kappa shape index (κ3) is 4.70. The van der Waals surface area contributed by atoms with Gasteiger partial charge < -0.3 is 10.1 Å². The van der Waals surface area contributed by atoms with E-state index in [-0.39, 0.29) is 24.0 Å². The number of aryl methyl sites for hydroxylation is 1. The van der Waals surface area contributed by atoms with E-state index in [1.54, 1.807) is 6.92 Å². The summed E-state index contributed by atoms with van der Waals surface area (Å²) in [6.45, 7) is 7.77. The molecule has 1 heterocycles. The Labute approximate surface area is 138 Å². The Hall–Kier alpha value is -1.56. The molecule has 1 unspecified atom stereocenters. The smallest absolute Gasteiger partial charge is 0.258 e. The average Bonchev–Trinajstić information content (AvgIpc) is 2.69. The summed E-state index contributed by atoms with van der Waals surface area (Å²) in [4.78, 5) is 12.1. The maximum atomic E-state index is 12.1. The lowest BCUT2D eigenvalue weighted by atomic mass is 10.0. The van der Waals surface area contributed by atoms with Crippen LogP contribution in [0.3, 0.4) is 0 Å². The second kappa shape index (κ2) is 6.51. The Morgan fingerprint density at radius 1 is 1.39 bits per heavy atom. The highest BCUT2D eigenvalue weighted by Crippen LogP contribution is 2.27. The van der Waals surface area contributed by atoms with Crippen LogP contribution in [-0.4, -0.2) is 38.0 Å². The van der Waals surface area contributed by atoms with Crippen molar-refractivity contribution in [3.63, 3.8) is 0 Å². The molecule has 0 aromatic heterocycles. The molecule has 5 nitrogen and oxygen atoms in total. The molecule has 1 atom stereocenters. The Bertz CT molecular complexity index is 697. The molecule has 0 radical (unpaired) electrons. The molecule has 1 aliphatic heterocycles. The summed E-state index contributed by atoms with van der Waals surface area (Å²) in [6, 6.07) is 5.95. The number of carbonyl (C=O) groups excluding carboxylic acids is 1. The molecular weight excluding hydrogens is 314 g/mol. The molecule has 23 heavy (non-hydrogen) atoms. The van der Waals surface area contributed by atoms with Crippen LogP contribution < -0.4 is 10.1 Å². The summed E-state index contributed by atoms with van der Waals surface area (Å²) in [5.41, 5.74) is 1.43. The van der Waals surface area contributed by atoms with E-state index in [1.165, 1.54) is 0 Å². The molecule has 1 aromatic carbocycles. The molecular formula is C17H25NO4S. The van der Waals surface area contributed by atoms with Gasteiger partial charge in [0.25, 0.3) is 5.91 Å². The van der Waals surface area contributed by atoms with E-state index in [0.717, 1.165) is 11.1 Å². The minimum atomic E-state index is -3.05. The molecule has 1 fully saturated rings. The lowest BCUT2D eigenvalue weighted by Gasteiger charge is -2.24. The molecule has 0 bridgehead atoms. The van der Waals surface area contributed by atoms with Gasteiger partial charge in [0.05, 0.1) is 17.0 Å². The van der Waals surface area contributed by atoms with Crippen LogP contribution in [0.2, 0.25) is 0 Å². The van der Waals surface area contributed by atoms with Crippen LogP contribution >= 0.6 is 0 Å². The van der Waals surface area contributed by atoms with E-state index in [1.807, 2.05) is 25.1 Å². The number of hydrogen-bond donors (Lipinski definition) is 1. The summed E-state index contributed by atoms with van der Waals surface area (Å²) in [7, 11) is -3.05. The van der Waals surface area contributed by atoms with E-state index < -0.39 is 15.4 Å². The van der Waals surface area contributed by atoms with Crippen LogP contribution in [0.25, 0.3) is 0 Å².